The van der Waals surface area contributed by atoms with Crippen molar-refractivity contribution in [3.05, 3.63) is 59.6 Å². The quantitative estimate of drug-likeness (QED) is 0.631. The van der Waals surface area contributed by atoms with Gasteiger partial charge in [0.1, 0.15) is 0 Å². The molecule has 0 unspecified atom stereocenters. The number of sulfonamides is 1. The Kier molecular flexibility index (Phi) is 4.54. The molecule has 0 aliphatic rings. The van der Waals surface area contributed by atoms with E-state index in [1.807, 2.05) is 6.07 Å². The molecule has 0 N–H and O–H groups in total. The van der Waals surface area contributed by atoms with Crippen LogP contribution in [0.5, 0.6) is 0 Å². The molecule has 5 nitrogen and oxygen atoms in total. The molecule has 0 saturated carbocycles. The number of halogens is 2. The standard InChI is InChI=1S/C14H9Cl2N3O2S2/c15-12-9-5-4-8-11(12)13-17-18-14(22-13)19(16)23(20,21)10-6-2-1-3-7-10/h1-9H. The molecule has 0 saturated heterocycles. The monoisotopic (exact) mass is 385 g/mol. The first-order valence-corrected chi connectivity index (χ1v) is 9.32. The summed E-state index contributed by atoms with van der Waals surface area (Å²) in [5, 5.41) is 8.85. The molecule has 0 bridgehead atoms. The number of aromatic nitrogens is 2. The summed E-state index contributed by atoms with van der Waals surface area (Å²) in [6.45, 7) is 0. The third kappa shape index (κ3) is 3.18. The number of nitrogens with zero attached hydrogens (tertiary/aromatic N) is 3. The van der Waals surface area contributed by atoms with Crippen molar-refractivity contribution in [3.8, 4) is 10.6 Å². The Bertz CT molecular complexity index is 930. The van der Waals surface area contributed by atoms with E-state index in [2.05, 4.69) is 10.2 Å². The molecule has 0 amide bonds. The van der Waals surface area contributed by atoms with Crippen LogP contribution in [0, 0.1) is 0 Å². The highest BCUT2D eigenvalue weighted by Gasteiger charge is 2.27. The molecular formula is C14H9Cl2N3O2S2. The van der Waals surface area contributed by atoms with Gasteiger partial charge in [0.25, 0.3) is 10.0 Å². The summed E-state index contributed by atoms with van der Waals surface area (Å²) in [5.41, 5.74) is 0.667. The molecule has 3 aromatic rings. The van der Waals surface area contributed by atoms with Gasteiger partial charge >= 0.3 is 0 Å². The van der Waals surface area contributed by atoms with Crippen molar-refractivity contribution in [2.45, 2.75) is 4.90 Å². The maximum Gasteiger partial charge on any atom is 0.280 e. The van der Waals surface area contributed by atoms with E-state index in [9.17, 15) is 8.42 Å². The summed E-state index contributed by atoms with van der Waals surface area (Å²) in [4.78, 5) is 0.0736. The van der Waals surface area contributed by atoms with Gasteiger partial charge in [-0.15, -0.1) is 14.0 Å². The predicted molar refractivity (Wildman–Crippen MR) is 92.3 cm³/mol. The van der Waals surface area contributed by atoms with Gasteiger partial charge in [0, 0.05) is 17.3 Å². The molecule has 0 atom stereocenters. The summed E-state index contributed by atoms with van der Waals surface area (Å²) in [6.07, 6.45) is 0. The van der Waals surface area contributed by atoms with Crippen LogP contribution in [0.2, 0.25) is 5.02 Å². The second-order valence-electron chi connectivity index (χ2n) is 4.40. The van der Waals surface area contributed by atoms with Gasteiger partial charge in [0.15, 0.2) is 5.01 Å². The van der Waals surface area contributed by atoms with E-state index in [0.717, 1.165) is 11.3 Å². The highest BCUT2D eigenvalue weighted by Crippen LogP contribution is 2.35. The summed E-state index contributed by atoms with van der Waals surface area (Å²) in [6, 6.07) is 15.0. The zero-order valence-corrected chi connectivity index (χ0v) is 14.6. The van der Waals surface area contributed by atoms with Crippen LogP contribution in [-0.4, -0.2) is 18.6 Å². The van der Waals surface area contributed by atoms with Crippen LogP contribution in [0.3, 0.4) is 0 Å². The lowest BCUT2D eigenvalue weighted by Crippen LogP contribution is -2.21. The third-order valence-corrected chi connectivity index (χ3v) is 6.58. The molecule has 0 spiro atoms. The van der Waals surface area contributed by atoms with Crippen molar-refractivity contribution in [2.24, 2.45) is 0 Å². The normalized spacial score (nSPS) is 11.4. The van der Waals surface area contributed by atoms with Gasteiger partial charge in [-0.1, -0.05) is 59.3 Å². The summed E-state index contributed by atoms with van der Waals surface area (Å²) < 4.78 is 25.5. The van der Waals surface area contributed by atoms with Crippen molar-refractivity contribution >= 4 is 49.9 Å². The molecule has 2 aromatic carbocycles. The van der Waals surface area contributed by atoms with Gasteiger partial charge in [-0.2, -0.15) is 8.42 Å². The summed E-state index contributed by atoms with van der Waals surface area (Å²) in [5.74, 6) is 0. The lowest BCUT2D eigenvalue weighted by atomic mass is 10.2. The van der Waals surface area contributed by atoms with Crippen LogP contribution in [0.15, 0.2) is 59.5 Å². The van der Waals surface area contributed by atoms with Gasteiger partial charge in [-0.3, -0.25) is 0 Å². The molecule has 9 heteroatoms. The van der Waals surface area contributed by atoms with Crippen LogP contribution in [-0.2, 0) is 10.0 Å². The minimum absolute atomic E-state index is 0.0467. The van der Waals surface area contributed by atoms with Crippen molar-refractivity contribution in [3.63, 3.8) is 0 Å². The zero-order chi connectivity index (χ0) is 16.4. The molecular weight excluding hydrogens is 377 g/mol. The second-order valence-corrected chi connectivity index (χ2v) is 8.09. The molecule has 118 valence electrons. The Labute approximate surface area is 147 Å². The van der Waals surface area contributed by atoms with E-state index in [0.29, 0.717) is 19.4 Å². The van der Waals surface area contributed by atoms with Crippen LogP contribution >= 0.6 is 34.7 Å². The first-order valence-electron chi connectivity index (χ1n) is 6.35. The molecule has 23 heavy (non-hydrogen) atoms. The molecule has 3 rings (SSSR count). The SMILES string of the molecule is O=S(=O)(c1ccccc1)N(Cl)c1nnc(-c2ccccc2Cl)s1. The Balaban J connectivity index is 1.96. The molecule has 1 heterocycles. The lowest BCUT2D eigenvalue weighted by molar-refractivity contribution is 0.598. The van der Waals surface area contributed by atoms with Crippen LogP contribution in [0.25, 0.3) is 10.6 Å². The van der Waals surface area contributed by atoms with E-state index >= 15 is 0 Å². The average molecular weight is 386 g/mol. The summed E-state index contributed by atoms with van der Waals surface area (Å²) in [7, 11) is -3.90. The number of hydrogen-bond donors (Lipinski definition) is 0. The maximum atomic E-state index is 12.5. The highest BCUT2D eigenvalue weighted by atomic mass is 35.5. The first-order chi connectivity index (χ1) is 11.0. The highest BCUT2D eigenvalue weighted by molar-refractivity contribution is 7.94. The second kappa shape index (κ2) is 6.45. The van der Waals surface area contributed by atoms with E-state index in [1.54, 1.807) is 36.4 Å². The minimum Gasteiger partial charge on any atom is -0.200 e. The summed E-state index contributed by atoms with van der Waals surface area (Å²) >= 11 is 13.1. The lowest BCUT2D eigenvalue weighted by Gasteiger charge is -2.11. The van der Waals surface area contributed by atoms with E-state index in [1.165, 1.54) is 12.1 Å². The molecule has 0 aliphatic heterocycles. The number of hydrogen-bond acceptors (Lipinski definition) is 5. The molecule has 0 radical (unpaired) electrons. The van der Waals surface area contributed by atoms with Gasteiger partial charge in [-0.25, -0.2) is 0 Å². The van der Waals surface area contributed by atoms with E-state index in [-0.39, 0.29) is 10.0 Å². The fraction of sp³-hybridized carbons (Fsp3) is 0. The Morgan fingerprint density at radius 2 is 1.61 bits per heavy atom. The van der Waals surface area contributed by atoms with Gasteiger partial charge in [-0.05, 0) is 18.2 Å². The van der Waals surface area contributed by atoms with Crippen LogP contribution < -0.4 is 3.82 Å². The topological polar surface area (TPSA) is 63.2 Å². The Morgan fingerprint density at radius 3 is 2.30 bits per heavy atom. The average Bonchev–Trinajstić information content (AvgIpc) is 3.05. The first kappa shape index (κ1) is 16.2. The Hall–Kier alpha value is -1.67. The molecule has 0 fully saturated rings. The van der Waals surface area contributed by atoms with E-state index < -0.39 is 10.0 Å². The largest absolute Gasteiger partial charge is 0.280 e. The van der Waals surface area contributed by atoms with Gasteiger partial charge in [0.05, 0.1) is 9.92 Å². The smallest absolute Gasteiger partial charge is 0.200 e. The maximum absolute atomic E-state index is 12.5. The Morgan fingerprint density at radius 1 is 0.957 bits per heavy atom. The fourth-order valence-corrected chi connectivity index (χ4v) is 4.51. The van der Waals surface area contributed by atoms with Gasteiger partial charge in [0.2, 0.25) is 5.13 Å². The number of rotatable bonds is 4. The van der Waals surface area contributed by atoms with Crippen molar-refractivity contribution in [1.29, 1.82) is 0 Å². The van der Waals surface area contributed by atoms with Crippen molar-refractivity contribution in [1.82, 2.24) is 10.2 Å². The third-order valence-electron chi connectivity index (χ3n) is 2.92. The van der Waals surface area contributed by atoms with Crippen molar-refractivity contribution < 1.29 is 8.42 Å². The van der Waals surface area contributed by atoms with Crippen molar-refractivity contribution in [2.75, 3.05) is 3.82 Å². The fourth-order valence-electron chi connectivity index (χ4n) is 1.82. The van der Waals surface area contributed by atoms with Crippen LogP contribution in [0.1, 0.15) is 0 Å². The zero-order valence-electron chi connectivity index (χ0n) is 11.4. The minimum atomic E-state index is -3.90. The molecule has 1 aromatic heterocycles. The van der Waals surface area contributed by atoms with Crippen LogP contribution in [0.4, 0.5) is 5.13 Å². The van der Waals surface area contributed by atoms with Gasteiger partial charge < -0.3 is 0 Å². The number of benzene rings is 2. The molecule has 0 aliphatic carbocycles. The van der Waals surface area contributed by atoms with E-state index in [4.69, 9.17) is 23.4 Å². The predicted octanol–water partition coefficient (Wildman–Crippen LogP) is 4.21. The number of anilines is 1.